The van der Waals surface area contributed by atoms with Gasteiger partial charge >= 0.3 is 11.9 Å². The molecule has 0 aliphatic heterocycles. The van der Waals surface area contributed by atoms with Crippen LogP contribution in [-0.2, 0) is 25.7 Å². The average Bonchev–Trinajstić information content (AvgIpc) is 2.50. The maximum Gasteiger partial charge on any atom is 0.306 e. The lowest BCUT2D eigenvalue weighted by Crippen LogP contribution is -2.10. The summed E-state index contributed by atoms with van der Waals surface area (Å²) in [6.07, 6.45) is 3.25. The van der Waals surface area contributed by atoms with Gasteiger partial charge in [0.05, 0.1) is 12.2 Å². The highest BCUT2D eigenvalue weighted by Crippen LogP contribution is 2.20. The van der Waals surface area contributed by atoms with E-state index in [4.69, 9.17) is 9.47 Å². The van der Waals surface area contributed by atoms with E-state index >= 15 is 0 Å². The Morgan fingerprint density at radius 3 is 2.17 bits per heavy atom. The number of hydrogen-bond acceptors (Lipinski definition) is 4. The van der Waals surface area contributed by atoms with Crippen molar-refractivity contribution in [3.8, 4) is 0 Å². The summed E-state index contributed by atoms with van der Waals surface area (Å²) in [5.41, 5.74) is -0.304. The van der Waals surface area contributed by atoms with Crippen molar-refractivity contribution in [2.45, 2.75) is 52.1 Å². The van der Waals surface area contributed by atoms with Crippen LogP contribution >= 0.6 is 15.9 Å². The smallest absolute Gasteiger partial charge is 0.306 e. The van der Waals surface area contributed by atoms with Gasteiger partial charge in [-0.05, 0) is 25.0 Å². The zero-order valence-electron chi connectivity index (χ0n) is 13.6. The first-order valence-corrected chi connectivity index (χ1v) is 8.68. The lowest BCUT2D eigenvalue weighted by molar-refractivity contribution is -0.146. The predicted molar refractivity (Wildman–Crippen MR) is 88.2 cm³/mol. The zero-order chi connectivity index (χ0) is 17.9. The number of carbonyl (C=O) groups excluding carboxylic acids is 2. The van der Waals surface area contributed by atoms with Crippen LogP contribution in [0, 0.1) is 11.6 Å². The number of hydrogen-bond donors (Lipinski definition) is 0. The van der Waals surface area contributed by atoms with Crippen molar-refractivity contribution < 1.29 is 27.8 Å². The van der Waals surface area contributed by atoms with Crippen LogP contribution < -0.4 is 0 Å². The van der Waals surface area contributed by atoms with Gasteiger partial charge in [0, 0.05) is 17.3 Å². The molecule has 0 saturated carbocycles. The molecule has 0 amide bonds. The van der Waals surface area contributed by atoms with Gasteiger partial charge in [-0.1, -0.05) is 35.7 Å². The molecule has 7 heteroatoms. The molecule has 0 aromatic heterocycles. The molecule has 4 nitrogen and oxygen atoms in total. The number of benzene rings is 1. The molecule has 0 spiro atoms. The second-order valence-electron chi connectivity index (χ2n) is 5.29. The highest BCUT2D eigenvalue weighted by molar-refractivity contribution is 9.10. The van der Waals surface area contributed by atoms with Gasteiger partial charge in [0.1, 0.15) is 18.2 Å². The highest BCUT2D eigenvalue weighted by atomic mass is 79.9. The molecule has 0 radical (unpaired) electrons. The van der Waals surface area contributed by atoms with Crippen LogP contribution in [0.15, 0.2) is 16.6 Å². The Morgan fingerprint density at radius 2 is 1.58 bits per heavy atom. The van der Waals surface area contributed by atoms with E-state index in [1.165, 1.54) is 0 Å². The summed E-state index contributed by atoms with van der Waals surface area (Å²) in [4.78, 5) is 23.0. The topological polar surface area (TPSA) is 52.6 Å². The highest BCUT2D eigenvalue weighted by Gasteiger charge is 2.13. The summed E-state index contributed by atoms with van der Waals surface area (Å²) in [6.45, 7) is 1.96. The maximum atomic E-state index is 13.6. The van der Waals surface area contributed by atoms with Gasteiger partial charge in [0.2, 0.25) is 0 Å². The first kappa shape index (κ1) is 20.5. The quantitative estimate of drug-likeness (QED) is 0.418. The standard InChI is InChI=1S/C17H21BrF2O4/c1-2-3-4-8-23-16(21)6-5-7-17(22)24-11-13-14(19)9-12(18)10-15(13)20/h9-10H,2-8,11H2,1H3. The fourth-order valence-corrected chi connectivity index (χ4v) is 2.32. The molecule has 1 aromatic carbocycles. The van der Waals surface area contributed by atoms with Crippen molar-refractivity contribution in [2.24, 2.45) is 0 Å². The Bertz CT molecular complexity index is 541. The fourth-order valence-electron chi connectivity index (χ4n) is 1.92. The molecule has 0 heterocycles. The molecule has 0 aliphatic carbocycles. The minimum atomic E-state index is -0.787. The molecule has 0 aliphatic rings. The molecule has 0 atom stereocenters. The Balaban J connectivity index is 2.24. The van der Waals surface area contributed by atoms with Crippen LogP contribution in [0.4, 0.5) is 8.78 Å². The van der Waals surface area contributed by atoms with Gasteiger partial charge in [-0.3, -0.25) is 9.59 Å². The lowest BCUT2D eigenvalue weighted by Gasteiger charge is -2.08. The first-order chi connectivity index (χ1) is 11.4. The van der Waals surface area contributed by atoms with Crippen molar-refractivity contribution in [3.63, 3.8) is 0 Å². The predicted octanol–water partition coefficient (Wildman–Crippen LogP) is 4.67. The third kappa shape index (κ3) is 7.86. The fraction of sp³-hybridized carbons (Fsp3) is 0.529. The van der Waals surface area contributed by atoms with Gasteiger partial charge in [-0.25, -0.2) is 8.78 Å². The third-order valence-corrected chi connectivity index (χ3v) is 3.71. The van der Waals surface area contributed by atoms with Crippen LogP contribution in [0.25, 0.3) is 0 Å². The van der Waals surface area contributed by atoms with Crippen LogP contribution in [0.2, 0.25) is 0 Å². The molecule has 0 bridgehead atoms. The molecule has 0 fully saturated rings. The molecule has 24 heavy (non-hydrogen) atoms. The molecular weight excluding hydrogens is 386 g/mol. The van der Waals surface area contributed by atoms with Crippen LogP contribution in [0.5, 0.6) is 0 Å². The summed E-state index contributed by atoms with van der Waals surface area (Å²) in [5, 5.41) is 0. The minimum Gasteiger partial charge on any atom is -0.466 e. The number of carbonyl (C=O) groups is 2. The molecule has 1 aromatic rings. The average molecular weight is 407 g/mol. The number of rotatable bonds is 10. The summed E-state index contributed by atoms with van der Waals surface area (Å²) in [6, 6.07) is 2.20. The van der Waals surface area contributed by atoms with Crippen LogP contribution in [-0.4, -0.2) is 18.5 Å². The molecule has 0 unspecified atom stereocenters. The summed E-state index contributed by atoms with van der Waals surface area (Å²) in [5.74, 6) is -2.55. The van der Waals surface area contributed by atoms with Gasteiger partial charge in [-0.2, -0.15) is 0 Å². The Kier molecular flexibility index (Phi) is 9.52. The van der Waals surface area contributed by atoms with E-state index in [0.717, 1.165) is 31.4 Å². The first-order valence-electron chi connectivity index (χ1n) is 7.88. The van der Waals surface area contributed by atoms with E-state index in [1.54, 1.807) is 0 Å². The summed E-state index contributed by atoms with van der Waals surface area (Å²) < 4.78 is 37.3. The second kappa shape index (κ2) is 11.1. The monoisotopic (exact) mass is 406 g/mol. The second-order valence-corrected chi connectivity index (χ2v) is 6.21. The van der Waals surface area contributed by atoms with Crippen molar-refractivity contribution in [1.29, 1.82) is 0 Å². The Hall–Kier alpha value is -1.50. The number of ether oxygens (including phenoxy) is 2. The molecule has 0 saturated heterocycles. The lowest BCUT2D eigenvalue weighted by atomic mass is 10.2. The molecule has 134 valence electrons. The zero-order valence-corrected chi connectivity index (χ0v) is 15.2. The van der Waals surface area contributed by atoms with E-state index in [2.05, 4.69) is 22.9 Å². The Morgan fingerprint density at radius 1 is 1.00 bits per heavy atom. The van der Waals surface area contributed by atoms with E-state index in [9.17, 15) is 18.4 Å². The largest absolute Gasteiger partial charge is 0.466 e. The molecule has 0 N–H and O–H groups in total. The number of esters is 2. The SMILES string of the molecule is CCCCCOC(=O)CCCC(=O)OCc1c(F)cc(Br)cc1F. The van der Waals surface area contributed by atoms with Crippen molar-refractivity contribution >= 4 is 27.9 Å². The van der Waals surface area contributed by atoms with E-state index in [-0.39, 0.29) is 35.3 Å². The van der Waals surface area contributed by atoms with Crippen molar-refractivity contribution in [3.05, 3.63) is 33.8 Å². The normalized spacial score (nSPS) is 10.5. The van der Waals surface area contributed by atoms with Crippen molar-refractivity contribution in [1.82, 2.24) is 0 Å². The Labute approximate surface area is 148 Å². The summed E-state index contributed by atoms with van der Waals surface area (Å²) >= 11 is 2.97. The van der Waals surface area contributed by atoms with E-state index < -0.39 is 24.2 Å². The van der Waals surface area contributed by atoms with Gasteiger partial charge in [0.25, 0.3) is 0 Å². The van der Waals surface area contributed by atoms with E-state index in [1.807, 2.05) is 0 Å². The van der Waals surface area contributed by atoms with E-state index in [0.29, 0.717) is 6.61 Å². The minimum absolute atomic E-state index is 0.0101. The van der Waals surface area contributed by atoms with Crippen LogP contribution in [0.1, 0.15) is 51.0 Å². The van der Waals surface area contributed by atoms with Crippen LogP contribution in [0.3, 0.4) is 0 Å². The van der Waals surface area contributed by atoms with Gasteiger partial charge < -0.3 is 9.47 Å². The summed E-state index contributed by atoms with van der Waals surface area (Å²) in [7, 11) is 0. The van der Waals surface area contributed by atoms with Gasteiger partial charge in [-0.15, -0.1) is 0 Å². The van der Waals surface area contributed by atoms with Crippen molar-refractivity contribution in [2.75, 3.05) is 6.61 Å². The number of unbranched alkanes of at least 4 members (excludes halogenated alkanes) is 2. The maximum absolute atomic E-state index is 13.6. The molecular formula is C17H21BrF2O4. The number of halogens is 3. The third-order valence-electron chi connectivity index (χ3n) is 3.26. The molecule has 1 rings (SSSR count). The van der Waals surface area contributed by atoms with Gasteiger partial charge in [0.15, 0.2) is 0 Å².